The Kier molecular flexibility index (Phi) is 8.75. The van der Waals surface area contributed by atoms with Gasteiger partial charge in [-0.2, -0.15) is 5.10 Å². The molecule has 2 aliphatic carbocycles. The fourth-order valence-corrected chi connectivity index (χ4v) is 7.79. The zero-order chi connectivity index (χ0) is 29.2. The zero-order valence-corrected chi connectivity index (χ0v) is 24.6. The summed E-state index contributed by atoms with van der Waals surface area (Å²) in [4.78, 5) is 14.8. The van der Waals surface area contributed by atoms with Crippen LogP contribution in [0.2, 0.25) is 0 Å². The van der Waals surface area contributed by atoms with E-state index in [0.717, 1.165) is 82.4 Å². The molecule has 4 atom stereocenters. The fourth-order valence-electron chi connectivity index (χ4n) is 7.79. The minimum absolute atomic E-state index is 0.144. The topological polar surface area (TPSA) is 58.4 Å². The van der Waals surface area contributed by atoms with Crippen molar-refractivity contribution in [3.05, 3.63) is 88.7 Å². The molecule has 42 heavy (non-hydrogen) atoms. The minimum Gasteiger partial charge on any atom is -0.481 e. The second-order valence-corrected chi connectivity index (χ2v) is 13.0. The normalized spacial score (nSPS) is 24.2. The number of piperidine rings is 1. The molecule has 1 saturated heterocycles. The number of hydrogen-bond donors (Lipinski definition) is 1. The number of aromatic nitrogens is 2. The Morgan fingerprint density at radius 1 is 1.02 bits per heavy atom. The van der Waals surface area contributed by atoms with Crippen molar-refractivity contribution >= 4 is 5.97 Å². The van der Waals surface area contributed by atoms with E-state index in [2.05, 4.69) is 22.6 Å². The van der Waals surface area contributed by atoms with Gasteiger partial charge >= 0.3 is 5.97 Å². The summed E-state index contributed by atoms with van der Waals surface area (Å²) in [5, 5.41) is 14.9. The Bertz CT molecular complexity index is 1380. The van der Waals surface area contributed by atoms with Gasteiger partial charge in [0.15, 0.2) is 0 Å². The van der Waals surface area contributed by atoms with Gasteiger partial charge in [-0.05, 0) is 111 Å². The number of benzene rings is 2. The van der Waals surface area contributed by atoms with Gasteiger partial charge < -0.3 is 10.0 Å². The molecule has 224 valence electrons. The van der Waals surface area contributed by atoms with Crippen molar-refractivity contribution in [1.82, 2.24) is 14.7 Å². The molecule has 2 heterocycles. The summed E-state index contributed by atoms with van der Waals surface area (Å²) < 4.78 is 30.6. The van der Waals surface area contributed by atoms with Crippen LogP contribution in [-0.4, -0.2) is 45.4 Å². The first-order valence-corrected chi connectivity index (χ1v) is 15.9. The summed E-state index contributed by atoms with van der Waals surface area (Å²) in [7, 11) is 0. The predicted octanol–water partition coefficient (Wildman–Crippen LogP) is 7.26. The lowest BCUT2D eigenvalue weighted by atomic mass is 9.85. The molecule has 1 N–H and O–H groups in total. The van der Waals surface area contributed by atoms with Crippen molar-refractivity contribution in [3.8, 4) is 0 Å². The lowest BCUT2D eigenvalue weighted by Gasteiger charge is -2.35. The summed E-state index contributed by atoms with van der Waals surface area (Å²) >= 11 is 0. The van der Waals surface area contributed by atoms with E-state index in [-0.39, 0.29) is 29.4 Å². The van der Waals surface area contributed by atoms with E-state index in [9.17, 15) is 18.7 Å². The Morgan fingerprint density at radius 2 is 1.81 bits per heavy atom. The van der Waals surface area contributed by atoms with E-state index in [1.165, 1.54) is 17.8 Å². The van der Waals surface area contributed by atoms with E-state index in [4.69, 9.17) is 5.10 Å². The number of likely N-dealkylation sites (tertiary alicyclic amines) is 1. The summed E-state index contributed by atoms with van der Waals surface area (Å²) in [5.41, 5.74) is 3.84. The van der Waals surface area contributed by atoms with Crippen molar-refractivity contribution < 1.29 is 18.7 Å². The number of nitrogens with zero attached hydrogens (tertiary/aromatic N) is 3. The van der Waals surface area contributed by atoms with Crippen LogP contribution in [0.4, 0.5) is 8.78 Å². The van der Waals surface area contributed by atoms with Gasteiger partial charge in [0.1, 0.15) is 11.6 Å². The molecular weight excluding hydrogens is 532 g/mol. The number of hydrogen-bond acceptors (Lipinski definition) is 3. The third-order valence-corrected chi connectivity index (χ3v) is 10.2. The van der Waals surface area contributed by atoms with Crippen LogP contribution in [-0.2, 0) is 17.8 Å². The molecule has 1 aliphatic heterocycles. The molecule has 3 aliphatic rings. The van der Waals surface area contributed by atoms with Crippen molar-refractivity contribution in [2.45, 2.75) is 76.7 Å². The van der Waals surface area contributed by atoms with Crippen molar-refractivity contribution in [2.24, 2.45) is 23.7 Å². The quantitative estimate of drug-likeness (QED) is 0.261. The Labute approximate surface area is 247 Å². The lowest BCUT2D eigenvalue weighted by Crippen LogP contribution is -2.37. The van der Waals surface area contributed by atoms with E-state index in [1.54, 1.807) is 18.2 Å². The number of aryl methyl sites for hydroxylation is 1. The molecule has 0 amide bonds. The van der Waals surface area contributed by atoms with E-state index < -0.39 is 5.97 Å². The van der Waals surface area contributed by atoms with Crippen molar-refractivity contribution in [2.75, 3.05) is 19.6 Å². The maximum Gasteiger partial charge on any atom is 0.306 e. The molecule has 5 nitrogen and oxygen atoms in total. The fraction of sp³-hybridized carbons (Fsp3) is 0.543. The van der Waals surface area contributed by atoms with Crippen LogP contribution in [0.1, 0.15) is 86.2 Å². The molecule has 3 aromatic rings. The third-order valence-electron chi connectivity index (χ3n) is 10.2. The SMILES string of the molecule is CCn1nc(Cc2ccccc2F)cc1C1CCN(CC2CC([C@H](CC3CC3)C(=O)O)CC2c2cccc(F)c2)CC1. The molecule has 0 radical (unpaired) electrons. The van der Waals surface area contributed by atoms with Gasteiger partial charge in [0.05, 0.1) is 11.6 Å². The monoisotopic (exact) mass is 575 g/mol. The maximum absolute atomic E-state index is 14.3. The standard InChI is InChI=1S/C35H43F2N3O2/c1-2-40-34(21-30(38-40)19-26-6-3-4-9-33(26)37)24-12-14-39(15-13-24)22-28-17-27(32(35(41)42)16-23-10-11-23)20-31(28)25-7-5-8-29(36)18-25/h3-9,18,21,23-24,27-28,31-32H,2,10-17,19-20,22H2,1H3,(H,41,42)/t27?,28?,31?,32-/m0/s1. The van der Waals surface area contributed by atoms with Gasteiger partial charge in [-0.15, -0.1) is 0 Å². The van der Waals surface area contributed by atoms with Crippen LogP contribution in [0, 0.1) is 35.3 Å². The summed E-state index contributed by atoms with van der Waals surface area (Å²) in [6, 6.07) is 16.0. The number of aliphatic carboxylic acids is 1. The second-order valence-electron chi connectivity index (χ2n) is 13.0. The van der Waals surface area contributed by atoms with Crippen LogP contribution in [0.3, 0.4) is 0 Å². The molecule has 3 fully saturated rings. The Hall–Kier alpha value is -3.06. The first-order chi connectivity index (χ1) is 20.4. The third kappa shape index (κ3) is 6.61. The number of carbonyl (C=O) groups is 1. The van der Waals surface area contributed by atoms with Gasteiger partial charge in [0.2, 0.25) is 0 Å². The van der Waals surface area contributed by atoms with Crippen LogP contribution in [0.5, 0.6) is 0 Å². The number of carboxylic acids is 1. The number of rotatable bonds is 11. The van der Waals surface area contributed by atoms with E-state index in [1.807, 2.05) is 18.2 Å². The average Bonchev–Trinajstić information content (AvgIpc) is 3.57. The molecular formula is C35H43F2N3O2. The van der Waals surface area contributed by atoms with Gasteiger partial charge in [0, 0.05) is 31.1 Å². The van der Waals surface area contributed by atoms with Crippen LogP contribution < -0.4 is 0 Å². The van der Waals surface area contributed by atoms with E-state index in [0.29, 0.717) is 29.7 Å². The van der Waals surface area contributed by atoms with Crippen molar-refractivity contribution in [3.63, 3.8) is 0 Å². The zero-order valence-electron chi connectivity index (χ0n) is 24.6. The van der Waals surface area contributed by atoms with Gasteiger partial charge in [-0.1, -0.05) is 43.2 Å². The molecule has 0 bridgehead atoms. The maximum atomic E-state index is 14.3. The molecule has 6 rings (SSSR count). The Morgan fingerprint density at radius 3 is 2.50 bits per heavy atom. The largest absolute Gasteiger partial charge is 0.481 e. The van der Waals surface area contributed by atoms with E-state index >= 15 is 0 Å². The first-order valence-electron chi connectivity index (χ1n) is 15.9. The molecule has 2 aromatic carbocycles. The summed E-state index contributed by atoms with van der Waals surface area (Å²) in [6.07, 6.45) is 7.39. The van der Waals surface area contributed by atoms with Crippen LogP contribution in [0.15, 0.2) is 54.6 Å². The molecule has 0 spiro atoms. The van der Waals surface area contributed by atoms with Gasteiger partial charge in [-0.25, -0.2) is 8.78 Å². The number of halogens is 2. The van der Waals surface area contributed by atoms with Crippen LogP contribution >= 0.6 is 0 Å². The first kappa shape index (κ1) is 29.0. The van der Waals surface area contributed by atoms with Gasteiger partial charge in [-0.3, -0.25) is 9.48 Å². The summed E-state index contributed by atoms with van der Waals surface area (Å²) in [5.74, 6) is 0.274. The van der Waals surface area contributed by atoms with Gasteiger partial charge in [0.25, 0.3) is 0 Å². The van der Waals surface area contributed by atoms with Crippen LogP contribution in [0.25, 0.3) is 0 Å². The molecule has 1 aromatic heterocycles. The highest BCUT2D eigenvalue weighted by Gasteiger charge is 2.43. The summed E-state index contributed by atoms with van der Waals surface area (Å²) in [6.45, 7) is 5.77. The smallest absolute Gasteiger partial charge is 0.306 e. The molecule has 3 unspecified atom stereocenters. The minimum atomic E-state index is -0.659. The molecule has 7 heteroatoms. The second kappa shape index (κ2) is 12.7. The predicted molar refractivity (Wildman–Crippen MR) is 159 cm³/mol. The number of carboxylic acid groups (broad SMARTS) is 1. The highest BCUT2D eigenvalue weighted by atomic mass is 19.1. The highest BCUT2D eigenvalue weighted by molar-refractivity contribution is 5.70. The molecule has 2 saturated carbocycles. The lowest BCUT2D eigenvalue weighted by molar-refractivity contribution is -0.144. The Balaban J connectivity index is 1.12. The average molecular weight is 576 g/mol. The highest BCUT2D eigenvalue weighted by Crippen LogP contribution is 2.49. The van der Waals surface area contributed by atoms with Crippen molar-refractivity contribution in [1.29, 1.82) is 0 Å².